The molecule has 0 aliphatic heterocycles. The van der Waals surface area contributed by atoms with E-state index in [-0.39, 0.29) is 35.4 Å². The van der Waals surface area contributed by atoms with Crippen molar-refractivity contribution in [1.82, 2.24) is 0 Å². The minimum absolute atomic E-state index is 0.0348. The van der Waals surface area contributed by atoms with Crippen LogP contribution in [0.15, 0.2) is 11.6 Å². The van der Waals surface area contributed by atoms with Gasteiger partial charge in [0.2, 0.25) is 0 Å². The van der Waals surface area contributed by atoms with E-state index in [4.69, 9.17) is 4.74 Å². The fourth-order valence-corrected chi connectivity index (χ4v) is 7.72. The summed E-state index contributed by atoms with van der Waals surface area (Å²) in [6.07, 6.45) is 10.3. The van der Waals surface area contributed by atoms with Gasteiger partial charge >= 0.3 is 5.97 Å². The number of carbonyl (C=O) groups excluding carboxylic acids is 2. The van der Waals surface area contributed by atoms with Crippen molar-refractivity contribution in [3.05, 3.63) is 11.6 Å². The molecular weight excluding hydrogens is 340 g/mol. The highest BCUT2D eigenvalue weighted by atomic mass is 16.5. The van der Waals surface area contributed by atoms with E-state index < -0.39 is 0 Å². The molecule has 0 spiro atoms. The Hall–Kier alpha value is -1.16. The Bertz CT molecular complexity index is 667. The Kier molecular flexibility index (Phi) is 4.77. The molecule has 4 aliphatic rings. The number of esters is 1. The normalized spacial score (nSPS) is 45.9. The maximum absolute atomic E-state index is 12.2. The van der Waals surface area contributed by atoms with Crippen molar-refractivity contribution >= 4 is 11.8 Å². The Morgan fingerprint density at radius 2 is 1.93 bits per heavy atom. The van der Waals surface area contributed by atoms with Gasteiger partial charge in [0, 0.05) is 24.7 Å². The van der Waals surface area contributed by atoms with Gasteiger partial charge < -0.3 is 9.84 Å². The molecule has 0 heterocycles. The van der Waals surface area contributed by atoms with E-state index in [1.807, 2.05) is 0 Å². The monoisotopic (exact) mass is 374 g/mol. The maximum atomic E-state index is 12.2. The van der Waals surface area contributed by atoms with Gasteiger partial charge in [-0.05, 0) is 75.0 Å². The number of rotatable bonds is 3. The zero-order valence-corrected chi connectivity index (χ0v) is 17.0. The predicted octanol–water partition coefficient (Wildman–Crippen LogP) is 4.06. The largest absolute Gasteiger partial charge is 0.462 e. The summed E-state index contributed by atoms with van der Waals surface area (Å²) >= 11 is 0. The fraction of sp³-hybridized carbons (Fsp3) is 0.826. The molecule has 0 saturated heterocycles. The topological polar surface area (TPSA) is 63.6 Å². The molecular formula is C23H34O4. The summed E-state index contributed by atoms with van der Waals surface area (Å²) in [5.41, 5.74) is 1.34. The third kappa shape index (κ3) is 2.82. The van der Waals surface area contributed by atoms with Crippen LogP contribution >= 0.6 is 0 Å². The summed E-state index contributed by atoms with van der Waals surface area (Å²) in [4.78, 5) is 23.6. The number of Topliss-reactive ketones (excluding diaryl/α,β-unsaturated/α-hetero) is 1. The lowest BCUT2D eigenvalue weighted by atomic mass is 9.47. The lowest BCUT2D eigenvalue weighted by Gasteiger charge is -2.58. The molecule has 0 bridgehead atoms. The van der Waals surface area contributed by atoms with E-state index in [0.29, 0.717) is 23.5 Å². The van der Waals surface area contributed by atoms with Gasteiger partial charge in [-0.2, -0.15) is 0 Å². The van der Waals surface area contributed by atoms with Gasteiger partial charge in [0.15, 0.2) is 0 Å². The van der Waals surface area contributed by atoms with E-state index in [1.54, 1.807) is 6.92 Å². The third-order valence-corrected chi connectivity index (χ3v) is 8.89. The minimum Gasteiger partial charge on any atom is -0.462 e. The Balaban J connectivity index is 1.62. The van der Waals surface area contributed by atoms with Crippen molar-refractivity contribution in [2.24, 2.45) is 34.5 Å². The molecule has 0 aromatic heterocycles. The average molecular weight is 375 g/mol. The van der Waals surface area contributed by atoms with Crippen LogP contribution in [0.2, 0.25) is 0 Å². The summed E-state index contributed by atoms with van der Waals surface area (Å²) in [5.74, 6) is 2.06. The van der Waals surface area contributed by atoms with Crippen molar-refractivity contribution < 1.29 is 19.4 Å². The van der Waals surface area contributed by atoms with Crippen molar-refractivity contribution in [2.45, 2.75) is 78.2 Å². The number of ketones is 1. The quantitative estimate of drug-likeness (QED) is 0.598. The second-order valence-electron chi connectivity index (χ2n) is 9.92. The number of fused-ring (bicyclic) bond motifs is 5. The van der Waals surface area contributed by atoms with Gasteiger partial charge in [-0.15, -0.1) is 0 Å². The lowest BCUT2D eigenvalue weighted by molar-refractivity contribution is -0.150. The summed E-state index contributed by atoms with van der Waals surface area (Å²) in [7, 11) is 0. The molecule has 0 amide bonds. The summed E-state index contributed by atoms with van der Waals surface area (Å²) in [6.45, 7) is 5.81. The van der Waals surface area contributed by atoms with Gasteiger partial charge in [-0.25, -0.2) is 0 Å². The summed E-state index contributed by atoms with van der Waals surface area (Å²) < 4.78 is 5.49. The molecule has 4 rings (SSSR count). The second kappa shape index (κ2) is 6.72. The molecule has 1 N–H and O–H groups in total. The van der Waals surface area contributed by atoms with E-state index >= 15 is 0 Å². The van der Waals surface area contributed by atoms with E-state index in [9.17, 15) is 14.7 Å². The zero-order chi connectivity index (χ0) is 19.4. The molecule has 4 nitrogen and oxygen atoms in total. The van der Waals surface area contributed by atoms with Gasteiger partial charge in [-0.3, -0.25) is 9.59 Å². The van der Waals surface area contributed by atoms with Crippen LogP contribution in [0.1, 0.15) is 72.1 Å². The van der Waals surface area contributed by atoms with Crippen LogP contribution in [-0.2, 0) is 14.3 Å². The number of hydrogen-bond acceptors (Lipinski definition) is 4. The van der Waals surface area contributed by atoms with Crippen LogP contribution in [0.4, 0.5) is 0 Å². The first-order valence-corrected chi connectivity index (χ1v) is 10.8. The highest BCUT2D eigenvalue weighted by Crippen LogP contribution is 2.66. The molecule has 0 aromatic carbocycles. The maximum Gasteiger partial charge on any atom is 0.302 e. The molecule has 1 unspecified atom stereocenters. The fourth-order valence-electron chi connectivity index (χ4n) is 7.72. The first kappa shape index (κ1) is 19.2. The van der Waals surface area contributed by atoms with Crippen molar-refractivity contribution in [2.75, 3.05) is 6.61 Å². The van der Waals surface area contributed by atoms with Gasteiger partial charge in [0.1, 0.15) is 11.9 Å². The molecule has 4 aliphatic carbocycles. The van der Waals surface area contributed by atoms with Crippen molar-refractivity contribution in [3.8, 4) is 0 Å². The van der Waals surface area contributed by atoms with E-state index in [1.165, 1.54) is 12.5 Å². The van der Waals surface area contributed by atoms with Crippen LogP contribution in [-0.4, -0.2) is 29.6 Å². The van der Waals surface area contributed by atoms with Crippen molar-refractivity contribution in [1.29, 1.82) is 0 Å². The highest BCUT2D eigenvalue weighted by Gasteiger charge is 2.60. The third-order valence-electron chi connectivity index (χ3n) is 8.89. The molecule has 4 heteroatoms. The average Bonchev–Trinajstić information content (AvgIpc) is 2.98. The predicted molar refractivity (Wildman–Crippen MR) is 103 cm³/mol. The first-order valence-electron chi connectivity index (χ1n) is 10.8. The second-order valence-corrected chi connectivity index (χ2v) is 9.92. The van der Waals surface area contributed by atoms with Gasteiger partial charge in [0.25, 0.3) is 0 Å². The molecule has 3 saturated carbocycles. The number of aliphatic hydroxyl groups is 1. The SMILES string of the molecule is CC(=O)OC1CC[C@@]2(CO)C(=CC[C@@H]3[C@@H]2CC[C@]2(C)[C@@H](C(C)=O)CC[C@@H]32)C1. The minimum atomic E-state index is -0.208. The molecule has 3 fully saturated rings. The molecule has 0 aromatic rings. The zero-order valence-electron chi connectivity index (χ0n) is 17.0. The molecule has 27 heavy (non-hydrogen) atoms. The Labute approximate surface area is 162 Å². The number of ether oxygens (including phenoxy) is 1. The molecule has 150 valence electrons. The summed E-state index contributed by atoms with van der Waals surface area (Å²) in [5, 5.41) is 10.5. The highest BCUT2D eigenvalue weighted by molar-refractivity contribution is 5.79. The molecule has 7 atom stereocenters. The number of aliphatic hydroxyl groups excluding tert-OH is 1. The van der Waals surface area contributed by atoms with Crippen LogP contribution in [0.3, 0.4) is 0 Å². The lowest BCUT2D eigenvalue weighted by Crippen LogP contribution is -2.53. The van der Waals surface area contributed by atoms with Crippen LogP contribution in [0.25, 0.3) is 0 Å². The smallest absolute Gasteiger partial charge is 0.302 e. The molecule has 0 radical (unpaired) electrons. The number of carbonyl (C=O) groups is 2. The standard InChI is InChI=1S/C23H34O4/c1-14(25)19-6-7-20-18-5-4-16-12-17(27-15(2)26)8-11-23(16,13-24)21(18)9-10-22(19,20)3/h4,17-21,24H,5-13H2,1-3H3/t17?,18-,19+,20-,21-,22+,23+/m0/s1. The first-order chi connectivity index (χ1) is 12.8. The van der Waals surface area contributed by atoms with Crippen molar-refractivity contribution in [3.63, 3.8) is 0 Å². The van der Waals surface area contributed by atoms with Gasteiger partial charge in [-0.1, -0.05) is 18.6 Å². The summed E-state index contributed by atoms with van der Waals surface area (Å²) in [6, 6.07) is 0. The van der Waals surface area contributed by atoms with Crippen LogP contribution < -0.4 is 0 Å². The Morgan fingerprint density at radius 1 is 1.15 bits per heavy atom. The van der Waals surface area contributed by atoms with E-state index in [0.717, 1.165) is 51.4 Å². The van der Waals surface area contributed by atoms with E-state index in [2.05, 4.69) is 13.0 Å². The number of allylic oxidation sites excluding steroid dienone is 1. The van der Waals surface area contributed by atoms with Gasteiger partial charge in [0.05, 0.1) is 6.61 Å². The van der Waals surface area contributed by atoms with Crippen LogP contribution in [0, 0.1) is 34.5 Å². The number of hydrogen-bond donors (Lipinski definition) is 1. The Morgan fingerprint density at radius 3 is 2.59 bits per heavy atom. The van der Waals surface area contributed by atoms with Crippen LogP contribution in [0.5, 0.6) is 0 Å².